The third-order valence-electron chi connectivity index (χ3n) is 8.49. The van der Waals surface area contributed by atoms with Crippen LogP contribution in [0.25, 0.3) is 99.7 Å². The quantitative estimate of drug-likeness (QED) is 0.211. The van der Waals surface area contributed by atoms with Crippen molar-refractivity contribution in [3.8, 4) is 33.9 Å². The van der Waals surface area contributed by atoms with Crippen molar-refractivity contribution in [2.45, 2.75) is 0 Å². The van der Waals surface area contributed by atoms with E-state index in [0.29, 0.717) is 33.5 Å². The lowest BCUT2D eigenvalue weighted by Crippen LogP contribution is -1.95. The minimum atomic E-state index is -0.316. The average molecular weight is 571 g/mol. The highest BCUT2D eigenvalue weighted by molar-refractivity contribution is 6.34. The molecule has 0 saturated carbocycles. The minimum absolute atomic E-state index is 0.316. The zero-order valence-electron chi connectivity index (χ0n) is 23.0. The zero-order valence-corrected chi connectivity index (χ0v) is 23.0. The molecule has 10 rings (SSSR count). The van der Waals surface area contributed by atoms with Gasteiger partial charge in [-0.1, -0.05) is 60.7 Å². The highest BCUT2D eigenvalue weighted by atomic mass is 19.1. The fourth-order valence-electron chi connectivity index (χ4n) is 6.53. The van der Waals surface area contributed by atoms with E-state index in [9.17, 15) is 4.39 Å². The van der Waals surface area contributed by atoms with E-state index in [-0.39, 0.29) is 5.82 Å². The molecule has 6 aromatic carbocycles. The average Bonchev–Trinajstić information content (AvgIpc) is 3.58. The predicted octanol–water partition coefficient (Wildman–Crippen LogP) is 10.8. The number of nitrogens with zero attached hydrogens (tertiary/aromatic N) is 2. The van der Waals surface area contributed by atoms with Crippen LogP contribution >= 0.6 is 0 Å². The first-order valence-corrected chi connectivity index (χ1v) is 14.3. The lowest BCUT2D eigenvalue weighted by atomic mass is 10.0. The van der Waals surface area contributed by atoms with Gasteiger partial charge in [-0.15, -0.1) is 0 Å². The number of halogens is 1. The van der Waals surface area contributed by atoms with Gasteiger partial charge >= 0.3 is 0 Å². The van der Waals surface area contributed by atoms with Gasteiger partial charge in [0.1, 0.15) is 39.3 Å². The molecule has 10 aromatic rings. The number of hydrogen-bond donors (Lipinski definition) is 0. The summed E-state index contributed by atoms with van der Waals surface area (Å²) in [5.74, 6) is 0.309. The number of fused-ring (bicyclic) bond motifs is 2. The SMILES string of the molecule is Fc1ccc2c(c1)cc1oc3ccc4oc5cc(-c6cc(-c7ccccc7)nc(-c7ccccc7)n6)cc6oc2c1c3c4c56. The largest absolute Gasteiger partial charge is 0.456 e. The van der Waals surface area contributed by atoms with Crippen LogP contribution in [0.4, 0.5) is 4.39 Å². The van der Waals surface area contributed by atoms with Crippen LogP contribution in [0.3, 0.4) is 0 Å². The van der Waals surface area contributed by atoms with Gasteiger partial charge in [-0.2, -0.15) is 0 Å². The van der Waals surface area contributed by atoms with Crippen molar-refractivity contribution in [1.82, 2.24) is 9.97 Å². The van der Waals surface area contributed by atoms with E-state index < -0.39 is 0 Å². The van der Waals surface area contributed by atoms with Crippen LogP contribution in [-0.4, -0.2) is 9.97 Å². The second-order valence-electron chi connectivity index (χ2n) is 11.1. The zero-order chi connectivity index (χ0) is 28.9. The Bertz CT molecular complexity index is 2660. The molecule has 0 aliphatic rings. The van der Waals surface area contributed by atoms with Gasteiger partial charge in [-0.3, -0.25) is 0 Å². The molecule has 0 saturated heterocycles. The summed E-state index contributed by atoms with van der Waals surface area (Å²) in [7, 11) is 0. The Kier molecular flexibility index (Phi) is 4.56. The molecule has 0 spiro atoms. The molecule has 5 nitrogen and oxygen atoms in total. The number of rotatable bonds is 3. The van der Waals surface area contributed by atoms with Gasteiger partial charge in [0.2, 0.25) is 0 Å². The number of hydrogen-bond acceptors (Lipinski definition) is 5. The molecule has 0 N–H and O–H groups in total. The fraction of sp³-hybridized carbons (Fsp3) is 0. The number of benzene rings is 6. The van der Waals surface area contributed by atoms with Gasteiger partial charge in [-0.05, 0) is 60.0 Å². The topological polar surface area (TPSA) is 65.2 Å². The molecule has 0 radical (unpaired) electrons. The second kappa shape index (κ2) is 8.52. The Labute approximate surface area is 248 Å². The first kappa shape index (κ1) is 23.5. The van der Waals surface area contributed by atoms with Crippen molar-refractivity contribution < 1.29 is 17.6 Å². The van der Waals surface area contributed by atoms with Crippen molar-refractivity contribution in [1.29, 1.82) is 0 Å². The van der Waals surface area contributed by atoms with E-state index in [1.54, 1.807) is 6.07 Å². The van der Waals surface area contributed by atoms with E-state index >= 15 is 0 Å². The maximum absolute atomic E-state index is 14.3. The van der Waals surface area contributed by atoms with E-state index in [0.717, 1.165) is 66.2 Å². The van der Waals surface area contributed by atoms with E-state index in [4.69, 9.17) is 23.2 Å². The standard InChI is InChI=1S/C38H19FN2O3/c39-24-11-12-25-22(15-24)16-32-36-35-29(43-32)14-13-28-34(35)33-30(42-28)17-23(18-31(33)44-37(25)36)27-19-26(20-7-3-1-4-8-20)40-38(41-27)21-9-5-2-6-10-21/h1-19H. The fourth-order valence-corrected chi connectivity index (χ4v) is 6.53. The lowest BCUT2D eigenvalue weighted by Gasteiger charge is -2.09. The molecule has 6 heteroatoms. The Morgan fingerprint density at radius 3 is 1.80 bits per heavy atom. The Morgan fingerprint density at radius 1 is 0.455 bits per heavy atom. The van der Waals surface area contributed by atoms with Crippen LogP contribution in [0.2, 0.25) is 0 Å². The summed E-state index contributed by atoms with van der Waals surface area (Å²) in [5, 5.41) is 5.10. The van der Waals surface area contributed by atoms with Gasteiger partial charge in [0, 0.05) is 32.8 Å². The molecule has 4 aromatic heterocycles. The number of furan rings is 2. The molecular weight excluding hydrogens is 551 g/mol. The van der Waals surface area contributed by atoms with E-state index in [1.165, 1.54) is 12.1 Å². The molecule has 0 aliphatic carbocycles. The van der Waals surface area contributed by atoms with Gasteiger partial charge in [0.05, 0.1) is 22.2 Å². The van der Waals surface area contributed by atoms with Crippen molar-refractivity contribution >= 4 is 65.8 Å². The molecule has 44 heavy (non-hydrogen) atoms. The molecule has 0 atom stereocenters. The molecule has 0 unspecified atom stereocenters. The summed E-state index contributed by atoms with van der Waals surface area (Å²) < 4.78 is 33.9. The van der Waals surface area contributed by atoms with Crippen molar-refractivity contribution in [3.05, 3.63) is 121 Å². The van der Waals surface area contributed by atoms with Crippen molar-refractivity contribution in [2.24, 2.45) is 0 Å². The Morgan fingerprint density at radius 2 is 1.07 bits per heavy atom. The summed E-state index contributed by atoms with van der Waals surface area (Å²) in [6.45, 7) is 0. The third kappa shape index (κ3) is 3.28. The molecule has 206 valence electrons. The van der Waals surface area contributed by atoms with Crippen LogP contribution in [-0.2, 0) is 0 Å². The highest BCUT2D eigenvalue weighted by Gasteiger charge is 2.24. The van der Waals surface area contributed by atoms with E-state index in [2.05, 4.69) is 0 Å². The lowest BCUT2D eigenvalue weighted by molar-refractivity contribution is 0.629. The van der Waals surface area contributed by atoms with Crippen molar-refractivity contribution in [2.75, 3.05) is 0 Å². The van der Waals surface area contributed by atoms with E-state index in [1.807, 2.05) is 97.1 Å². The number of aromatic nitrogens is 2. The Hall–Kier alpha value is -6.01. The van der Waals surface area contributed by atoms with Crippen LogP contribution < -0.4 is 0 Å². The maximum Gasteiger partial charge on any atom is 0.160 e. The third-order valence-corrected chi connectivity index (χ3v) is 8.49. The Balaban J connectivity index is 1.33. The monoisotopic (exact) mass is 570 g/mol. The normalized spacial score (nSPS) is 12.2. The summed E-state index contributed by atoms with van der Waals surface area (Å²) in [4.78, 5) is 9.97. The van der Waals surface area contributed by atoms with Gasteiger partial charge in [0.15, 0.2) is 5.82 Å². The maximum atomic E-state index is 14.3. The van der Waals surface area contributed by atoms with Crippen LogP contribution in [0.15, 0.2) is 129 Å². The smallest absolute Gasteiger partial charge is 0.160 e. The summed E-state index contributed by atoms with van der Waals surface area (Å²) in [6, 6.07) is 36.5. The summed E-state index contributed by atoms with van der Waals surface area (Å²) in [5.41, 5.74) is 8.34. The minimum Gasteiger partial charge on any atom is -0.456 e. The molecule has 0 bridgehead atoms. The first-order valence-electron chi connectivity index (χ1n) is 14.3. The molecule has 4 heterocycles. The predicted molar refractivity (Wildman–Crippen MR) is 171 cm³/mol. The first-order chi connectivity index (χ1) is 21.7. The molecular formula is C38H19FN2O3. The summed E-state index contributed by atoms with van der Waals surface area (Å²) >= 11 is 0. The van der Waals surface area contributed by atoms with Gasteiger partial charge in [0.25, 0.3) is 0 Å². The van der Waals surface area contributed by atoms with Gasteiger partial charge < -0.3 is 13.3 Å². The van der Waals surface area contributed by atoms with Crippen LogP contribution in [0.1, 0.15) is 0 Å². The summed E-state index contributed by atoms with van der Waals surface area (Å²) in [6.07, 6.45) is 0. The second-order valence-corrected chi connectivity index (χ2v) is 11.1. The van der Waals surface area contributed by atoms with Crippen LogP contribution in [0, 0.1) is 5.82 Å². The molecule has 0 amide bonds. The molecule has 0 fully saturated rings. The molecule has 0 aliphatic heterocycles. The highest BCUT2D eigenvalue weighted by Crippen LogP contribution is 2.47. The van der Waals surface area contributed by atoms with Crippen LogP contribution in [0.5, 0.6) is 0 Å². The van der Waals surface area contributed by atoms with Crippen molar-refractivity contribution in [3.63, 3.8) is 0 Å². The van der Waals surface area contributed by atoms with Gasteiger partial charge in [-0.25, -0.2) is 14.4 Å².